The van der Waals surface area contributed by atoms with Gasteiger partial charge in [-0.25, -0.2) is 0 Å². The van der Waals surface area contributed by atoms with Crippen molar-refractivity contribution in [3.63, 3.8) is 0 Å². The predicted molar refractivity (Wildman–Crippen MR) is 57.1 cm³/mol. The van der Waals surface area contributed by atoms with Gasteiger partial charge in [-0.2, -0.15) is 5.10 Å². The molecule has 14 heavy (non-hydrogen) atoms. The topological polar surface area (TPSA) is 76.1 Å². The molecule has 1 rings (SSSR count). The fourth-order valence-corrected chi connectivity index (χ4v) is 1.18. The van der Waals surface area contributed by atoms with Crippen LogP contribution in [0.2, 0.25) is 0 Å². The predicted octanol–water partition coefficient (Wildman–Crippen LogP) is 0.494. The summed E-state index contributed by atoms with van der Waals surface area (Å²) in [5, 5.41) is 16.4. The highest BCUT2D eigenvalue weighted by molar-refractivity contribution is 5.65. The van der Waals surface area contributed by atoms with Gasteiger partial charge in [0.05, 0.1) is 23.5 Å². The minimum atomic E-state index is -0.394. The Morgan fingerprint density at radius 1 is 1.57 bits per heavy atom. The molecule has 0 fully saturated rings. The summed E-state index contributed by atoms with van der Waals surface area (Å²) in [5.74, 6) is 0.751. The van der Waals surface area contributed by atoms with Crippen molar-refractivity contribution in [3.8, 4) is 0 Å². The molecule has 80 valence electrons. The van der Waals surface area contributed by atoms with Gasteiger partial charge in [-0.15, -0.1) is 0 Å². The van der Waals surface area contributed by atoms with E-state index in [4.69, 9.17) is 10.8 Å². The van der Waals surface area contributed by atoms with Crippen molar-refractivity contribution in [3.05, 3.63) is 5.69 Å². The minimum absolute atomic E-state index is 0.0384. The maximum Gasteiger partial charge on any atom is 0.148 e. The third-order valence-electron chi connectivity index (χ3n) is 2.12. The first-order valence-electron chi connectivity index (χ1n) is 4.55. The van der Waals surface area contributed by atoms with E-state index < -0.39 is 5.54 Å². The maximum absolute atomic E-state index is 9.11. The van der Waals surface area contributed by atoms with Gasteiger partial charge in [0.1, 0.15) is 5.82 Å². The molecule has 0 aliphatic heterocycles. The summed E-state index contributed by atoms with van der Waals surface area (Å²) < 4.78 is 1.68. The second-order valence-corrected chi connectivity index (χ2v) is 4.14. The van der Waals surface area contributed by atoms with E-state index in [0.29, 0.717) is 5.69 Å². The van der Waals surface area contributed by atoms with Gasteiger partial charge < -0.3 is 16.2 Å². The molecule has 0 aliphatic rings. The van der Waals surface area contributed by atoms with Crippen LogP contribution >= 0.6 is 0 Å². The second kappa shape index (κ2) is 3.49. The van der Waals surface area contributed by atoms with Gasteiger partial charge in [-0.05, 0) is 20.8 Å². The molecule has 0 amide bonds. The summed E-state index contributed by atoms with van der Waals surface area (Å²) >= 11 is 0. The molecule has 0 unspecified atom stereocenters. The number of hydrogen-bond acceptors (Lipinski definition) is 4. The van der Waals surface area contributed by atoms with Gasteiger partial charge in [0.2, 0.25) is 0 Å². The molecule has 0 spiro atoms. The molecule has 0 aromatic carbocycles. The van der Waals surface area contributed by atoms with Crippen molar-refractivity contribution < 1.29 is 5.11 Å². The summed E-state index contributed by atoms with van der Waals surface area (Å²) in [7, 11) is 1.82. The normalized spacial score (nSPS) is 11.8. The number of aliphatic hydroxyl groups excluding tert-OH is 1. The van der Waals surface area contributed by atoms with Crippen molar-refractivity contribution in [1.29, 1.82) is 0 Å². The first kappa shape index (κ1) is 10.8. The van der Waals surface area contributed by atoms with Crippen molar-refractivity contribution in [1.82, 2.24) is 9.78 Å². The van der Waals surface area contributed by atoms with Crippen LogP contribution in [0, 0.1) is 6.92 Å². The lowest BCUT2D eigenvalue weighted by atomic mass is 10.1. The average Bonchev–Trinajstić information content (AvgIpc) is 2.32. The van der Waals surface area contributed by atoms with Crippen LogP contribution in [0.5, 0.6) is 0 Å². The first-order valence-corrected chi connectivity index (χ1v) is 4.55. The molecule has 5 heteroatoms. The quantitative estimate of drug-likeness (QED) is 0.661. The van der Waals surface area contributed by atoms with Crippen LogP contribution in [-0.4, -0.2) is 27.0 Å². The van der Waals surface area contributed by atoms with E-state index in [1.165, 1.54) is 0 Å². The Kier molecular flexibility index (Phi) is 2.71. The number of nitrogen functional groups attached to an aromatic ring is 1. The highest BCUT2D eigenvalue weighted by atomic mass is 16.3. The van der Waals surface area contributed by atoms with Crippen LogP contribution in [0.3, 0.4) is 0 Å². The number of hydrogen-bond donors (Lipinski definition) is 3. The summed E-state index contributed by atoms with van der Waals surface area (Å²) in [5.41, 5.74) is 6.87. The molecule has 5 nitrogen and oxygen atoms in total. The number of nitrogens with two attached hydrogens (primary N) is 1. The Morgan fingerprint density at radius 2 is 2.14 bits per heavy atom. The monoisotopic (exact) mass is 198 g/mol. The van der Waals surface area contributed by atoms with Crippen LogP contribution in [0.1, 0.15) is 19.5 Å². The minimum Gasteiger partial charge on any atom is -0.394 e. The Labute approximate surface area is 83.9 Å². The Morgan fingerprint density at radius 3 is 2.50 bits per heavy atom. The zero-order valence-corrected chi connectivity index (χ0v) is 9.13. The van der Waals surface area contributed by atoms with Crippen molar-refractivity contribution >= 4 is 11.5 Å². The smallest absolute Gasteiger partial charge is 0.148 e. The zero-order valence-electron chi connectivity index (χ0n) is 9.13. The number of aromatic nitrogens is 2. The van der Waals surface area contributed by atoms with Crippen LogP contribution < -0.4 is 11.1 Å². The average molecular weight is 198 g/mol. The van der Waals surface area contributed by atoms with Crippen molar-refractivity contribution in [2.75, 3.05) is 17.7 Å². The number of aryl methyl sites for hydroxylation is 2. The first-order chi connectivity index (χ1) is 6.37. The molecule has 0 saturated heterocycles. The molecular weight excluding hydrogens is 180 g/mol. The molecular formula is C9H18N4O. The van der Waals surface area contributed by atoms with Gasteiger partial charge in [0.25, 0.3) is 0 Å². The van der Waals surface area contributed by atoms with Gasteiger partial charge in [-0.1, -0.05) is 0 Å². The van der Waals surface area contributed by atoms with Crippen LogP contribution in [-0.2, 0) is 7.05 Å². The van der Waals surface area contributed by atoms with Gasteiger partial charge in [-0.3, -0.25) is 4.68 Å². The highest BCUT2D eigenvalue weighted by Crippen LogP contribution is 2.24. The van der Waals surface area contributed by atoms with E-state index in [9.17, 15) is 0 Å². The molecule has 0 radical (unpaired) electrons. The van der Waals surface area contributed by atoms with E-state index in [-0.39, 0.29) is 6.61 Å². The molecule has 1 aromatic rings. The molecule has 0 bridgehead atoms. The van der Waals surface area contributed by atoms with E-state index in [2.05, 4.69) is 10.4 Å². The number of rotatable bonds is 3. The van der Waals surface area contributed by atoms with Gasteiger partial charge in [0.15, 0.2) is 0 Å². The summed E-state index contributed by atoms with van der Waals surface area (Å²) in [6, 6.07) is 0. The largest absolute Gasteiger partial charge is 0.394 e. The Bertz CT molecular complexity index is 330. The highest BCUT2D eigenvalue weighted by Gasteiger charge is 2.20. The second-order valence-electron chi connectivity index (χ2n) is 4.14. The van der Waals surface area contributed by atoms with Gasteiger partial charge in [0, 0.05) is 7.05 Å². The third-order valence-corrected chi connectivity index (χ3v) is 2.12. The Hall–Kier alpha value is -1.23. The van der Waals surface area contributed by atoms with E-state index in [0.717, 1.165) is 11.5 Å². The van der Waals surface area contributed by atoms with Crippen LogP contribution in [0.4, 0.5) is 11.5 Å². The third kappa shape index (κ3) is 1.98. The standard InChI is InChI=1S/C9H18N4O/c1-6-7(10)8(13(4)12-6)11-9(2,3)5-14/h11,14H,5,10H2,1-4H3. The Balaban J connectivity index is 2.97. The van der Waals surface area contributed by atoms with Crippen molar-refractivity contribution in [2.24, 2.45) is 7.05 Å². The molecule has 1 heterocycles. The molecule has 0 atom stereocenters. The lowest BCUT2D eigenvalue weighted by molar-refractivity contribution is 0.233. The van der Waals surface area contributed by atoms with Gasteiger partial charge >= 0.3 is 0 Å². The van der Waals surface area contributed by atoms with E-state index in [1.54, 1.807) is 4.68 Å². The molecule has 0 saturated carbocycles. The van der Waals surface area contributed by atoms with Crippen molar-refractivity contribution in [2.45, 2.75) is 26.3 Å². The number of aliphatic hydroxyl groups is 1. The fraction of sp³-hybridized carbons (Fsp3) is 0.667. The van der Waals surface area contributed by atoms with E-state index >= 15 is 0 Å². The summed E-state index contributed by atoms with van der Waals surface area (Å²) in [4.78, 5) is 0. The zero-order chi connectivity index (χ0) is 10.9. The maximum atomic E-state index is 9.11. The number of nitrogens with zero attached hydrogens (tertiary/aromatic N) is 2. The van der Waals surface area contributed by atoms with Crippen LogP contribution in [0.15, 0.2) is 0 Å². The number of anilines is 2. The fourth-order valence-electron chi connectivity index (χ4n) is 1.18. The summed E-state index contributed by atoms with van der Waals surface area (Å²) in [6.45, 7) is 5.69. The molecule has 4 N–H and O–H groups in total. The lowest BCUT2D eigenvalue weighted by Gasteiger charge is -2.25. The SMILES string of the molecule is Cc1nn(C)c(NC(C)(C)CO)c1N. The van der Waals surface area contributed by atoms with E-state index in [1.807, 2.05) is 27.8 Å². The number of nitrogens with one attached hydrogen (secondary N) is 1. The molecule has 0 aliphatic carbocycles. The molecule has 1 aromatic heterocycles. The summed E-state index contributed by atoms with van der Waals surface area (Å²) in [6.07, 6.45) is 0. The lowest BCUT2D eigenvalue weighted by Crippen LogP contribution is -2.36. The van der Waals surface area contributed by atoms with Crippen LogP contribution in [0.25, 0.3) is 0 Å².